The first-order valence-electron chi connectivity index (χ1n) is 4.85. The minimum atomic E-state index is -0.746. The number of nitrogens with zero attached hydrogens (tertiary/aromatic N) is 1. The minimum Gasteiger partial charge on any atom is -0.386 e. The SMILES string of the molecule is OC1(CNc2cccc(Br)n2)CCOC1. The normalized spacial score (nSPS) is 25.5. The van der Waals surface area contributed by atoms with Crippen molar-refractivity contribution in [3.8, 4) is 0 Å². The maximum atomic E-state index is 9.99. The number of halogens is 1. The first-order valence-corrected chi connectivity index (χ1v) is 5.64. The highest BCUT2D eigenvalue weighted by Crippen LogP contribution is 2.19. The molecular weight excluding hydrogens is 260 g/mol. The van der Waals surface area contributed by atoms with E-state index in [0.717, 1.165) is 10.4 Å². The number of aliphatic hydroxyl groups is 1. The molecule has 1 saturated heterocycles. The number of aromatic nitrogens is 1. The smallest absolute Gasteiger partial charge is 0.127 e. The van der Waals surface area contributed by atoms with Crippen LogP contribution in [0.15, 0.2) is 22.8 Å². The van der Waals surface area contributed by atoms with Crippen LogP contribution in [0.5, 0.6) is 0 Å². The number of rotatable bonds is 3. The van der Waals surface area contributed by atoms with Crippen LogP contribution < -0.4 is 5.32 Å². The first-order chi connectivity index (χ1) is 7.18. The van der Waals surface area contributed by atoms with Crippen LogP contribution in [0.2, 0.25) is 0 Å². The van der Waals surface area contributed by atoms with Gasteiger partial charge in [0.2, 0.25) is 0 Å². The van der Waals surface area contributed by atoms with Gasteiger partial charge in [0.15, 0.2) is 0 Å². The Morgan fingerprint density at radius 2 is 2.47 bits per heavy atom. The molecule has 5 heteroatoms. The average molecular weight is 273 g/mol. The van der Waals surface area contributed by atoms with Crippen molar-refractivity contribution in [2.45, 2.75) is 12.0 Å². The van der Waals surface area contributed by atoms with Crippen molar-refractivity contribution in [3.63, 3.8) is 0 Å². The van der Waals surface area contributed by atoms with Crippen LogP contribution in [0, 0.1) is 0 Å². The molecule has 1 aliphatic heterocycles. The van der Waals surface area contributed by atoms with E-state index in [2.05, 4.69) is 26.2 Å². The fraction of sp³-hybridized carbons (Fsp3) is 0.500. The zero-order valence-electron chi connectivity index (χ0n) is 8.24. The predicted molar refractivity (Wildman–Crippen MR) is 60.8 cm³/mol. The Hall–Kier alpha value is -0.650. The van der Waals surface area contributed by atoms with E-state index in [0.29, 0.717) is 26.2 Å². The predicted octanol–water partition coefficient (Wildman–Crippen LogP) is 1.41. The molecule has 0 spiro atoms. The topological polar surface area (TPSA) is 54.4 Å². The molecule has 4 nitrogen and oxygen atoms in total. The summed E-state index contributed by atoms with van der Waals surface area (Å²) in [6.45, 7) is 1.49. The van der Waals surface area contributed by atoms with Crippen LogP contribution >= 0.6 is 15.9 Å². The van der Waals surface area contributed by atoms with E-state index >= 15 is 0 Å². The van der Waals surface area contributed by atoms with E-state index in [1.807, 2.05) is 18.2 Å². The summed E-state index contributed by atoms with van der Waals surface area (Å²) in [5.41, 5.74) is -0.746. The molecule has 2 N–H and O–H groups in total. The first kappa shape index (κ1) is 10.9. The van der Waals surface area contributed by atoms with Gasteiger partial charge in [-0.15, -0.1) is 0 Å². The largest absolute Gasteiger partial charge is 0.386 e. The summed E-state index contributed by atoms with van der Waals surface area (Å²) in [5.74, 6) is 0.754. The summed E-state index contributed by atoms with van der Waals surface area (Å²) in [6, 6.07) is 5.62. The molecular formula is C10H13BrN2O2. The number of hydrogen-bond acceptors (Lipinski definition) is 4. The van der Waals surface area contributed by atoms with Gasteiger partial charge in [-0.05, 0) is 28.1 Å². The highest BCUT2D eigenvalue weighted by Gasteiger charge is 2.31. The van der Waals surface area contributed by atoms with Gasteiger partial charge in [-0.2, -0.15) is 0 Å². The lowest BCUT2D eigenvalue weighted by molar-refractivity contribution is 0.0381. The molecule has 15 heavy (non-hydrogen) atoms. The summed E-state index contributed by atoms with van der Waals surface area (Å²) in [5, 5.41) is 13.1. The number of nitrogens with one attached hydrogen (secondary N) is 1. The van der Waals surface area contributed by atoms with Crippen LogP contribution in [0.4, 0.5) is 5.82 Å². The van der Waals surface area contributed by atoms with Crippen LogP contribution in [0.25, 0.3) is 0 Å². The molecule has 1 atom stereocenters. The van der Waals surface area contributed by atoms with Crippen molar-refractivity contribution >= 4 is 21.7 Å². The van der Waals surface area contributed by atoms with Gasteiger partial charge in [0.05, 0.1) is 6.61 Å². The van der Waals surface area contributed by atoms with Gasteiger partial charge in [-0.25, -0.2) is 4.98 Å². The van der Waals surface area contributed by atoms with E-state index in [9.17, 15) is 5.11 Å². The lowest BCUT2D eigenvalue weighted by Gasteiger charge is -2.20. The third kappa shape index (κ3) is 2.90. The van der Waals surface area contributed by atoms with Crippen LogP contribution in [-0.2, 0) is 4.74 Å². The number of ether oxygens (including phenoxy) is 1. The van der Waals surface area contributed by atoms with E-state index in [1.165, 1.54) is 0 Å². The Morgan fingerprint density at radius 3 is 3.13 bits per heavy atom. The van der Waals surface area contributed by atoms with Gasteiger partial charge in [-0.3, -0.25) is 0 Å². The molecule has 0 aromatic carbocycles. The minimum absolute atomic E-state index is 0.397. The van der Waals surface area contributed by atoms with E-state index in [4.69, 9.17) is 4.74 Å². The second kappa shape index (κ2) is 4.47. The highest BCUT2D eigenvalue weighted by atomic mass is 79.9. The summed E-state index contributed by atoms with van der Waals surface area (Å²) in [6.07, 6.45) is 0.675. The summed E-state index contributed by atoms with van der Waals surface area (Å²) >= 11 is 3.29. The van der Waals surface area contributed by atoms with Crippen molar-refractivity contribution in [1.29, 1.82) is 0 Å². The molecule has 1 aromatic rings. The van der Waals surface area contributed by atoms with Gasteiger partial charge in [0.1, 0.15) is 16.0 Å². The van der Waals surface area contributed by atoms with Crippen LogP contribution in [0.3, 0.4) is 0 Å². The second-order valence-electron chi connectivity index (χ2n) is 3.73. The van der Waals surface area contributed by atoms with Gasteiger partial charge < -0.3 is 15.2 Å². The van der Waals surface area contributed by atoms with Gasteiger partial charge in [0, 0.05) is 19.6 Å². The fourth-order valence-electron chi connectivity index (χ4n) is 1.50. The number of anilines is 1. The fourth-order valence-corrected chi connectivity index (χ4v) is 1.84. The van der Waals surface area contributed by atoms with Crippen molar-refractivity contribution in [3.05, 3.63) is 22.8 Å². The number of pyridine rings is 1. The van der Waals surface area contributed by atoms with Crippen molar-refractivity contribution in [2.24, 2.45) is 0 Å². The Labute approximate surface area is 96.8 Å². The van der Waals surface area contributed by atoms with Crippen LogP contribution in [-0.4, -0.2) is 35.5 Å². The maximum Gasteiger partial charge on any atom is 0.127 e. The molecule has 0 bridgehead atoms. The van der Waals surface area contributed by atoms with Crippen LogP contribution in [0.1, 0.15) is 6.42 Å². The molecule has 1 aromatic heterocycles. The molecule has 0 aliphatic carbocycles. The Kier molecular flexibility index (Phi) is 3.23. The molecule has 0 amide bonds. The van der Waals surface area contributed by atoms with Gasteiger partial charge in [-0.1, -0.05) is 6.07 Å². The Bertz CT molecular complexity index is 340. The third-order valence-electron chi connectivity index (χ3n) is 2.40. The summed E-state index contributed by atoms with van der Waals surface area (Å²) in [7, 11) is 0. The number of hydrogen-bond donors (Lipinski definition) is 2. The average Bonchev–Trinajstić information content (AvgIpc) is 2.63. The maximum absolute atomic E-state index is 9.99. The zero-order valence-corrected chi connectivity index (χ0v) is 9.83. The van der Waals surface area contributed by atoms with E-state index < -0.39 is 5.60 Å². The van der Waals surface area contributed by atoms with E-state index in [1.54, 1.807) is 0 Å². The third-order valence-corrected chi connectivity index (χ3v) is 2.84. The lowest BCUT2D eigenvalue weighted by atomic mass is 10.0. The van der Waals surface area contributed by atoms with Crippen molar-refractivity contribution in [2.75, 3.05) is 25.1 Å². The summed E-state index contributed by atoms with van der Waals surface area (Å²) < 4.78 is 5.93. The zero-order chi connectivity index (χ0) is 10.7. The Morgan fingerprint density at radius 1 is 1.60 bits per heavy atom. The molecule has 1 fully saturated rings. The quantitative estimate of drug-likeness (QED) is 0.817. The molecule has 2 heterocycles. The summed E-state index contributed by atoms with van der Waals surface area (Å²) in [4.78, 5) is 4.22. The van der Waals surface area contributed by atoms with Crippen molar-refractivity contribution < 1.29 is 9.84 Å². The molecule has 0 radical (unpaired) electrons. The lowest BCUT2D eigenvalue weighted by Crippen LogP contribution is -2.37. The monoisotopic (exact) mass is 272 g/mol. The highest BCUT2D eigenvalue weighted by molar-refractivity contribution is 9.10. The van der Waals surface area contributed by atoms with Crippen molar-refractivity contribution in [1.82, 2.24) is 4.98 Å². The molecule has 1 aliphatic rings. The standard InChI is InChI=1S/C10H13BrN2O2/c11-8-2-1-3-9(13-8)12-6-10(14)4-5-15-7-10/h1-3,14H,4-7H2,(H,12,13). The van der Waals surface area contributed by atoms with Gasteiger partial charge >= 0.3 is 0 Å². The van der Waals surface area contributed by atoms with Gasteiger partial charge in [0.25, 0.3) is 0 Å². The molecule has 1 unspecified atom stereocenters. The molecule has 0 saturated carbocycles. The molecule has 2 rings (SSSR count). The molecule has 82 valence electrons. The Balaban J connectivity index is 1.92. The van der Waals surface area contributed by atoms with E-state index in [-0.39, 0.29) is 0 Å². The second-order valence-corrected chi connectivity index (χ2v) is 4.54.